The molecule has 5 unspecified atom stereocenters. The number of hydrogen-bond acceptors (Lipinski definition) is 18. The predicted molar refractivity (Wildman–Crippen MR) is 225 cm³/mol. The third-order valence-corrected chi connectivity index (χ3v) is 11.4. The van der Waals surface area contributed by atoms with Crippen molar-refractivity contribution in [2.75, 3.05) is 52.9 Å². The number of aliphatic imine (C=N–C) groups is 1. The van der Waals surface area contributed by atoms with Crippen molar-refractivity contribution in [1.82, 2.24) is 24.0 Å². The number of nitrogens with zero attached hydrogens (tertiary/aromatic N) is 6. The van der Waals surface area contributed by atoms with Crippen molar-refractivity contribution < 1.29 is 56.0 Å². The molecule has 5 aliphatic heterocycles. The van der Waals surface area contributed by atoms with E-state index in [4.69, 9.17) is 68.4 Å². The largest absolute Gasteiger partial charge is 0.530 e. The van der Waals surface area contributed by atoms with Gasteiger partial charge in [-0.05, 0) is 55.3 Å². The van der Waals surface area contributed by atoms with E-state index < -0.39 is 52.0 Å². The van der Waals surface area contributed by atoms with Crippen molar-refractivity contribution in [3.63, 3.8) is 0 Å². The number of nitrogens with two attached hydrogens (primary N) is 1. The fourth-order valence-electron chi connectivity index (χ4n) is 5.77. The first-order valence-electron chi connectivity index (χ1n) is 19.3. The number of fused-ring (bicyclic) bond motifs is 2. The van der Waals surface area contributed by atoms with E-state index in [0.29, 0.717) is 24.3 Å². The van der Waals surface area contributed by atoms with Gasteiger partial charge in [0.15, 0.2) is 30.9 Å². The average molecular weight is 924 g/mol. The fourth-order valence-corrected chi connectivity index (χ4v) is 7.97. The van der Waals surface area contributed by atoms with Crippen LogP contribution < -0.4 is 26.2 Å². The molecule has 0 saturated carbocycles. The summed E-state index contributed by atoms with van der Waals surface area (Å²) in [5.74, 6) is 1.75. The molecule has 0 aliphatic carbocycles. The van der Waals surface area contributed by atoms with Crippen LogP contribution in [0.15, 0.2) is 87.6 Å². The summed E-state index contributed by atoms with van der Waals surface area (Å²) in [6.45, 7) is 3.66. The SMILES string of the molecule is CC1CCCO1.CN(C)C=Nc1ccn([C@@H]2COC(CO)O2)c(=O)n1.ClP1OCc2ccccc2O1.Nc1ccn([C@@H]2COC(COP3(=O)OCc4ccccc4O3)O2)c(=O)n1. The second-order valence-corrected chi connectivity index (χ2v) is 17.1. The molecule has 2 aromatic heterocycles. The Morgan fingerprint density at radius 1 is 0.935 bits per heavy atom. The zero-order valence-electron chi connectivity index (χ0n) is 34.0. The van der Waals surface area contributed by atoms with Gasteiger partial charge in [-0.3, -0.25) is 18.2 Å². The van der Waals surface area contributed by atoms with Gasteiger partial charge < -0.3 is 53.0 Å². The molecule has 0 amide bonds. The number of hydrogen-bond donors (Lipinski definition) is 2. The first kappa shape index (κ1) is 47.1. The van der Waals surface area contributed by atoms with Crippen LogP contribution in [0.4, 0.5) is 11.6 Å². The molecule has 24 heteroatoms. The summed E-state index contributed by atoms with van der Waals surface area (Å²) >= 11 is 5.66. The Bertz CT molecular complexity index is 2270. The minimum absolute atomic E-state index is 0.106. The Morgan fingerprint density at radius 2 is 1.58 bits per heavy atom. The Kier molecular flexibility index (Phi) is 17.4. The van der Waals surface area contributed by atoms with E-state index in [0.717, 1.165) is 23.5 Å². The number of benzene rings is 2. The molecule has 3 N–H and O–H groups in total. The highest BCUT2D eigenvalue weighted by Crippen LogP contribution is 2.54. The second kappa shape index (κ2) is 22.8. The smallest absolute Gasteiger partial charge is 0.436 e. The van der Waals surface area contributed by atoms with Crippen LogP contribution in [0, 0.1) is 0 Å². The summed E-state index contributed by atoms with van der Waals surface area (Å²) in [4.78, 5) is 36.9. The lowest BCUT2D eigenvalue weighted by Crippen LogP contribution is -2.28. The van der Waals surface area contributed by atoms with Gasteiger partial charge >= 0.3 is 26.9 Å². The van der Waals surface area contributed by atoms with E-state index in [1.54, 1.807) is 35.6 Å². The Balaban J connectivity index is 0.000000154. The Morgan fingerprint density at radius 3 is 2.19 bits per heavy atom. The molecule has 0 bridgehead atoms. The van der Waals surface area contributed by atoms with Gasteiger partial charge in [0.05, 0.1) is 45.5 Å². The van der Waals surface area contributed by atoms with Gasteiger partial charge in [0, 0.05) is 44.2 Å². The number of ether oxygens (including phenoxy) is 5. The number of halogens is 1. The molecule has 7 atom stereocenters. The summed E-state index contributed by atoms with van der Waals surface area (Å²) in [7, 11) is -1.32. The van der Waals surface area contributed by atoms with Crippen LogP contribution in [0.25, 0.3) is 0 Å². The third kappa shape index (κ3) is 13.8. The lowest BCUT2D eigenvalue weighted by molar-refractivity contribution is -0.0992. The molecule has 3 fully saturated rings. The number of rotatable bonds is 8. The van der Waals surface area contributed by atoms with Gasteiger partial charge in [0.1, 0.15) is 23.9 Å². The summed E-state index contributed by atoms with van der Waals surface area (Å²) in [6, 6.07) is 17.9. The van der Waals surface area contributed by atoms with Gasteiger partial charge in [-0.15, -0.1) is 0 Å². The highest BCUT2D eigenvalue weighted by Gasteiger charge is 2.37. The van der Waals surface area contributed by atoms with Crippen LogP contribution in [0.5, 0.6) is 11.5 Å². The molecule has 336 valence electrons. The van der Waals surface area contributed by atoms with E-state index >= 15 is 0 Å². The minimum atomic E-state index is -3.76. The number of phosphoric ester groups is 1. The van der Waals surface area contributed by atoms with Crippen molar-refractivity contribution in [2.45, 2.75) is 64.1 Å². The summed E-state index contributed by atoms with van der Waals surface area (Å²) < 4.78 is 67.9. The topological polar surface area (TPSA) is 241 Å². The quantitative estimate of drug-likeness (QED) is 0.134. The number of nitrogen functional groups attached to an aromatic ring is 1. The van der Waals surface area contributed by atoms with E-state index in [1.807, 2.05) is 50.5 Å². The fraction of sp³-hybridized carbons (Fsp3) is 0.447. The summed E-state index contributed by atoms with van der Waals surface area (Å²) in [5, 5.41) is 8.89. The van der Waals surface area contributed by atoms with Gasteiger partial charge in [-0.1, -0.05) is 36.4 Å². The van der Waals surface area contributed by atoms with Crippen molar-refractivity contribution in [2.24, 2.45) is 4.99 Å². The number of para-hydroxylation sites is 2. The zero-order valence-corrected chi connectivity index (χ0v) is 36.6. The molecule has 7 heterocycles. The van der Waals surface area contributed by atoms with Gasteiger partial charge in [0.25, 0.3) is 0 Å². The maximum absolute atomic E-state index is 12.5. The monoisotopic (exact) mass is 923 g/mol. The molecule has 0 radical (unpaired) electrons. The van der Waals surface area contributed by atoms with E-state index in [1.165, 1.54) is 34.2 Å². The highest BCUT2D eigenvalue weighted by molar-refractivity contribution is 7.76. The van der Waals surface area contributed by atoms with Gasteiger partial charge in [-0.25, -0.2) is 19.1 Å². The molecule has 3 saturated heterocycles. The van der Waals surface area contributed by atoms with Crippen molar-refractivity contribution in [3.8, 4) is 11.5 Å². The molecule has 4 aromatic rings. The number of anilines is 1. The van der Waals surface area contributed by atoms with E-state index in [2.05, 4.69) is 21.9 Å². The van der Waals surface area contributed by atoms with E-state index in [9.17, 15) is 14.2 Å². The molecule has 0 spiro atoms. The van der Waals surface area contributed by atoms with Crippen LogP contribution in [0.3, 0.4) is 0 Å². The lowest BCUT2D eigenvalue weighted by atomic mass is 10.2. The summed E-state index contributed by atoms with van der Waals surface area (Å²) in [5.41, 5.74) is 6.28. The number of aliphatic hydroxyl groups excluding tert-OH is 1. The predicted octanol–water partition coefficient (Wildman–Crippen LogP) is 5.01. The lowest BCUT2D eigenvalue weighted by Gasteiger charge is -2.25. The van der Waals surface area contributed by atoms with Crippen LogP contribution in [-0.4, -0.2) is 101 Å². The summed E-state index contributed by atoms with van der Waals surface area (Å²) in [6.07, 6.45) is 4.88. The molecule has 9 rings (SSSR count). The Hall–Kier alpha value is -4.34. The molecule has 2 aromatic carbocycles. The molecule has 21 nitrogen and oxygen atoms in total. The van der Waals surface area contributed by atoms with E-state index in [-0.39, 0.29) is 38.9 Å². The second-order valence-electron chi connectivity index (χ2n) is 13.8. The average Bonchev–Trinajstić information content (AvgIpc) is 4.06. The number of phosphoric acid groups is 1. The van der Waals surface area contributed by atoms with Crippen LogP contribution in [0.2, 0.25) is 0 Å². The molecular weight excluding hydrogens is 876 g/mol. The van der Waals surface area contributed by atoms with Gasteiger partial charge in [0.2, 0.25) is 0 Å². The molecular formula is C38H48ClN7O14P2. The van der Waals surface area contributed by atoms with Crippen LogP contribution in [0.1, 0.15) is 43.3 Å². The first-order valence-corrected chi connectivity index (χ1v) is 22.8. The Labute approximate surface area is 362 Å². The normalized spacial score (nSPS) is 26.0. The number of aliphatic hydroxyl groups is 1. The first-order chi connectivity index (χ1) is 29.9. The highest BCUT2D eigenvalue weighted by atomic mass is 35.7. The van der Waals surface area contributed by atoms with Crippen molar-refractivity contribution in [3.05, 3.63) is 105 Å². The molecule has 62 heavy (non-hydrogen) atoms. The standard InChI is InChI=1S/C15H16N3O7P.C11H16N4O4.C7H6ClO2P.C5H10O/c16-12-5-6-18(15(19)17-12)13-8-21-14(24-13)9-23-26(20)22-7-10-3-1-2-4-11(10)25-26;1-14(2)7-12-8-3-4-15(11(17)13-8)9-6-18-10(5-16)19-9;8-11-9-5-6-3-1-2-4-7(6)10-11;1-5-3-2-4-6-5/h1-6,13-14H,7-9H2,(H2,16,17,19);3-4,7,9-10,16H,5-6H2,1-2H3;1-4H,5H2;5H,2-4H2,1H3/t13-,14?,26?;9-,10?;;/m00../s1. The van der Waals surface area contributed by atoms with Crippen molar-refractivity contribution >= 4 is 44.8 Å². The van der Waals surface area contributed by atoms with Crippen molar-refractivity contribution in [1.29, 1.82) is 0 Å². The van der Waals surface area contributed by atoms with Gasteiger partial charge in [-0.2, -0.15) is 9.97 Å². The number of aromatic nitrogens is 4. The maximum atomic E-state index is 12.5. The zero-order chi connectivity index (χ0) is 44.1. The minimum Gasteiger partial charge on any atom is -0.436 e. The third-order valence-electron chi connectivity index (χ3n) is 8.88. The van der Waals surface area contributed by atoms with Crippen LogP contribution in [-0.2, 0) is 55.0 Å². The molecule has 5 aliphatic rings. The van der Waals surface area contributed by atoms with Crippen LogP contribution >= 0.6 is 26.8 Å². The maximum Gasteiger partial charge on any atom is 0.530 e.